The number of nitrogens with zero attached hydrogens (tertiary/aromatic N) is 2. The monoisotopic (exact) mass is 250 g/mol. The van der Waals surface area contributed by atoms with Crippen molar-refractivity contribution in [2.75, 3.05) is 13.1 Å². The third-order valence-electron chi connectivity index (χ3n) is 2.00. The number of aromatic nitrogens is 2. The number of amides is 1. The normalized spacial score (nSPS) is 11.5. The van der Waals surface area contributed by atoms with Gasteiger partial charge in [0.2, 0.25) is 5.91 Å². The third-order valence-corrected chi connectivity index (χ3v) is 2.00. The number of halogens is 3. The minimum Gasteiger partial charge on any atom is -0.349 e. The predicted molar refractivity (Wildman–Crippen MR) is 54.0 cm³/mol. The van der Waals surface area contributed by atoms with Gasteiger partial charge in [0.15, 0.2) is 0 Å². The number of nitrogens with one attached hydrogen (secondary N) is 2. The van der Waals surface area contributed by atoms with Crippen LogP contribution in [0.1, 0.15) is 5.69 Å². The molecule has 0 aliphatic heterocycles. The Kier molecular flexibility index (Phi) is 4.50. The fourth-order valence-electron chi connectivity index (χ4n) is 1.14. The Morgan fingerprint density at radius 1 is 1.53 bits per heavy atom. The van der Waals surface area contributed by atoms with E-state index in [1.165, 1.54) is 0 Å². The molecule has 0 spiro atoms. The zero-order valence-electron chi connectivity index (χ0n) is 9.21. The van der Waals surface area contributed by atoms with Gasteiger partial charge in [0.1, 0.15) is 0 Å². The molecule has 1 heterocycles. The largest absolute Gasteiger partial charge is 0.401 e. The first-order chi connectivity index (χ1) is 7.88. The molecule has 17 heavy (non-hydrogen) atoms. The van der Waals surface area contributed by atoms with E-state index in [2.05, 4.69) is 10.4 Å². The number of alkyl halides is 3. The molecule has 0 aliphatic carbocycles. The maximum atomic E-state index is 11.8. The summed E-state index contributed by atoms with van der Waals surface area (Å²) in [6.07, 6.45) is -2.73. The van der Waals surface area contributed by atoms with Crippen LogP contribution in [0.3, 0.4) is 0 Å². The van der Waals surface area contributed by atoms with E-state index in [1.54, 1.807) is 24.0 Å². The fourth-order valence-corrected chi connectivity index (χ4v) is 1.14. The standard InChI is InChI=1S/C9H13F3N4O/c1-16-7(2-3-15-16)4-14-8(17)5-13-6-9(10,11)12/h2-3,13H,4-6H2,1H3,(H,14,17). The van der Waals surface area contributed by atoms with Gasteiger partial charge < -0.3 is 10.6 Å². The van der Waals surface area contributed by atoms with Crippen molar-refractivity contribution in [3.63, 3.8) is 0 Å². The molecule has 0 aliphatic rings. The second-order valence-corrected chi connectivity index (χ2v) is 3.44. The lowest BCUT2D eigenvalue weighted by Gasteiger charge is -2.08. The molecule has 0 aromatic carbocycles. The zero-order valence-corrected chi connectivity index (χ0v) is 9.21. The molecule has 0 radical (unpaired) electrons. The molecular weight excluding hydrogens is 237 g/mol. The van der Waals surface area contributed by atoms with Crippen LogP contribution < -0.4 is 10.6 Å². The highest BCUT2D eigenvalue weighted by atomic mass is 19.4. The van der Waals surface area contributed by atoms with Gasteiger partial charge in [-0.15, -0.1) is 0 Å². The number of carbonyl (C=O) groups excluding carboxylic acids is 1. The first kappa shape index (κ1) is 13.5. The van der Waals surface area contributed by atoms with Crippen LogP contribution in [0.5, 0.6) is 0 Å². The topological polar surface area (TPSA) is 59.0 Å². The molecular formula is C9H13F3N4O. The Morgan fingerprint density at radius 2 is 2.24 bits per heavy atom. The lowest BCUT2D eigenvalue weighted by molar-refractivity contribution is -0.128. The van der Waals surface area contributed by atoms with Crippen molar-refractivity contribution in [3.05, 3.63) is 18.0 Å². The van der Waals surface area contributed by atoms with E-state index >= 15 is 0 Å². The molecule has 1 aromatic rings. The minimum atomic E-state index is -4.30. The molecule has 1 rings (SSSR count). The first-order valence-corrected chi connectivity index (χ1v) is 4.89. The van der Waals surface area contributed by atoms with E-state index in [9.17, 15) is 18.0 Å². The molecule has 0 fully saturated rings. The average molecular weight is 250 g/mol. The van der Waals surface area contributed by atoms with Crippen molar-refractivity contribution in [1.82, 2.24) is 20.4 Å². The lowest BCUT2D eigenvalue weighted by atomic mass is 10.4. The van der Waals surface area contributed by atoms with E-state index in [4.69, 9.17) is 0 Å². The summed E-state index contributed by atoms with van der Waals surface area (Å²) in [7, 11) is 1.71. The highest BCUT2D eigenvalue weighted by Crippen LogP contribution is 2.11. The van der Waals surface area contributed by atoms with Crippen molar-refractivity contribution in [3.8, 4) is 0 Å². The highest BCUT2D eigenvalue weighted by Gasteiger charge is 2.26. The SMILES string of the molecule is Cn1nccc1CNC(=O)CNCC(F)(F)F. The van der Waals surface area contributed by atoms with E-state index in [0.717, 1.165) is 5.69 Å². The first-order valence-electron chi connectivity index (χ1n) is 4.89. The third kappa shape index (κ3) is 5.34. The van der Waals surface area contributed by atoms with Crippen molar-refractivity contribution >= 4 is 5.91 Å². The van der Waals surface area contributed by atoms with Crippen LogP contribution in [0, 0.1) is 0 Å². The highest BCUT2D eigenvalue weighted by molar-refractivity contribution is 5.77. The summed E-state index contributed by atoms with van der Waals surface area (Å²) in [5, 5.41) is 8.38. The summed E-state index contributed by atoms with van der Waals surface area (Å²) >= 11 is 0. The van der Waals surface area contributed by atoms with E-state index in [1.807, 2.05) is 5.32 Å². The second-order valence-electron chi connectivity index (χ2n) is 3.44. The van der Waals surface area contributed by atoms with E-state index in [0.29, 0.717) is 0 Å². The Balaban J connectivity index is 2.20. The summed E-state index contributed by atoms with van der Waals surface area (Å²) in [5.41, 5.74) is 0.772. The number of aryl methyl sites for hydroxylation is 1. The molecule has 0 saturated carbocycles. The number of hydrogen-bond acceptors (Lipinski definition) is 3. The Morgan fingerprint density at radius 3 is 2.76 bits per heavy atom. The number of hydrogen-bond donors (Lipinski definition) is 2. The van der Waals surface area contributed by atoms with Gasteiger partial charge >= 0.3 is 6.18 Å². The molecule has 0 unspecified atom stereocenters. The van der Waals surface area contributed by atoms with Crippen LogP contribution in [-0.4, -0.2) is 35.0 Å². The molecule has 5 nitrogen and oxygen atoms in total. The fraction of sp³-hybridized carbons (Fsp3) is 0.556. The Bertz CT molecular complexity index is 375. The summed E-state index contributed by atoms with van der Waals surface area (Å²) in [5.74, 6) is -0.490. The van der Waals surface area contributed by atoms with Crippen LogP contribution >= 0.6 is 0 Å². The van der Waals surface area contributed by atoms with Gasteiger partial charge in [-0.3, -0.25) is 9.48 Å². The molecule has 0 bridgehead atoms. The maximum absolute atomic E-state index is 11.8. The quantitative estimate of drug-likeness (QED) is 0.784. The lowest BCUT2D eigenvalue weighted by Crippen LogP contribution is -2.38. The van der Waals surface area contributed by atoms with Crippen molar-refractivity contribution < 1.29 is 18.0 Å². The van der Waals surface area contributed by atoms with Gasteiger partial charge in [-0.25, -0.2) is 0 Å². The maximum Gasteiger partial charge on any atom is 0.401 e. The summed E-state index contributed by atoms with van der Waals surface area (Å²) in [6.45, 7) is -1.30. The smallest absolute Gasteiger partial charge is 0.349 e. The van der Waals surface area contributed by atoms with Gasteiger partial charge in [-0.05, 0) is 6.07 Å². The van der Waals surface area contributed by atoms with Crippen molar-refractivity contribution in [2.45, 2.75) is 12.7 Å². The molecule has 0 atom stereocenters. The molecule has 0 saturated heterocycles. The molecule has 2 N–H and O–H groups in total. The van der Waals surface area contributed by atoms with Crippen LogP contribution in [0.25, 0.3) is 0 Å². The molecule has 96 valence electrons. The van der Waals surface area contributed by atoms with Gasteiger partial charge in [0, 0.05) is 13.2 Å². The molecule has 8 heteroatoms. The van der Waals surface area contributed by atoms with Crippen LogP contribution in [0.2, 0.25) is 0 Å². The van der Waals surface area contributed by atoms with Gasteiger partial charge in [0.25, 0.3) is 0 Å². The van der Waals surface area contributed by atoms with Crippen LogP contribution in [0.15, 0.2) is 12.3 Å². The van der Waals surface area contributed by atoms with Gasteiger partial charge in [-0.2, -0.15) is 18.3 Å². The Labute approximate surface area is 96.0 Å². The minimum absolute atomic E-state index is 0.239. The van der Waals surface area contributed by atoms with Crippen LogP contribution in [0.4, 0.5) is 13.2 Å². The second kappa shape index (κ2) is 5.67. The number of rotatable bonds is 5. The van der Waals surface area contributed by atoms with Crippen LogP contribution in [-0.2, 0) is 18.4 Å². The summed E-state index contributed by atoms with van der Waals surface area (Å²) in [4.78, 5) is 11.2. The van der Waals surface area contributed by atoms with Crippen molar-refractivity contribution in [2.24, 2.45) is 7.05 Å². The number of carbonyl (C=O) groups is 1. The average Bonchev–Trinajstić information content (AvgIpc) is 2.59. The van der Waals surface area contributed by atoms with Crippen molar-refractivity contribution in [1.29, 1.82) is 0 Å². The molecule has 1 amide bonds. The Hall–Kier alpha value is -1.57. The molecule has 1 aromatic heterocycles. The zero-order chi connectivity index (χ0) is 12.9. The van der Waals surface area contributed by atoms with Gasteiger partial charge in [-0.1, -0.05) is 0 Å². The van der Waals surface area contributed by atoms with Gasteiger partial charge in [0.05, 0.1) is 25.3 Å². The summed E-state index contributed by atoms with van der Waals surface area (Å²) in [6, 6.07) is 1.71. The predicted octanol–water partition coefficient (Wildman–Crippen LogP) is 0.188. The van der Waals surface area contributed by atoms with E-state index < -0.39 is 18.6 Å². The van der Waals surface area contributed by atoms with E-state index in [-0.39, 0.29) is 13.1 Å². The summed E-state index contributed by atoms with van der Waals surface area (Å²) < 4.78 is 36.9.